The van der Waals surface area contributed by atoms with E-state index in [1.165, 1.54) is 93.6 Å². The molecule has 384 valence electrons. The molecule has 1 heterocycles. The van der Waals surface area contributed by atoms with Crippen LogP contribution in [0.25, 0.3) is 0 Å². The zero-order valence-corrected chi connectivity index (χ0v) is 41.3. The summed E-state index contributed by atoms with van der Waals surface area (Å²) in [6.45, 7) is 6.66. The Bertz CT molecular complexity index is 2070. The zero-order valence-electron chi connectivity index (χ0n) is 40.5. The van der Waals surface area contributed by atoms with Crippen LogP contribution in [0, 0.1) is 5.82 Å². The van der Waals surface area contributed by atoms with E-state index in [1.54, 1.807) is 12.1 Å². The monoisotopic (exact) mass is 988 g/mol. The number of amides is 2. The van der Waals surface area contributed by atoms with Gasteiger partial charge in [-0.05, 0) is 100 Å². The van der Waals surface area contributed by atoms with Gasteiger partial charge in [0.05, 0.1) is 50.1 Å². The van der Waals surface area contributed by atoms with Crippen molar-refractivity contribution in [1.29, 1.82) is 0 Å². The average Bonchev–Trinajstić information content (AvgIpc) is 3.30. The molecule has 0 radical (unpaired) electrons. The Morgan fingerprint density at radius 3 is 1.78 bits per heavy atom. The Morgan fingerprint density at radius 1 is 0.652 bits per heavy atom. The SMILES string of the molecule is CC(C)(C)OC(=O)CCCCCCCCCCCCCCCc1cc(Oc2ccc(S(=O)(=O)Nc3ccc(C(=O)NCCOCCOCC(=O)NCCOCCOCC(=O)O)cn3)cc2)ccc1F. The molecular weight excluding hydrogens is 916 g/mol. The molecule has 0 spiro atoms. The number of aromatic nitrogens is 1. The van der Waals surface area contributed by atoms with Crippen molar-refractivity contribution in [3.8, 4) is 11.5 Å². The molecule has 4 N–H and O–H groups in total. The van der Waals surface area contributed by atoms with Crippen molar-refractivity contribution in [2.75, 3.05) is 70.7 Å². The number of nitrogens with zero attached hydrogens (tertiary/aromatic N) is 1. The van der Waals surface area contributed by atoms with E-state index >= 15 is 0 Å². The van der Waals surface area contributed by atoms with Crippen molar-refractivity contribution in [3.05, 3.63) is 77.7 Å². The number of hydrogen-bond donors (Lipinski definition) is 4. The summed E-state index contributed by atoms with van der Waals surface area (Å²) < 4.78 is 75.3. The molecule has 0 aliphatic rings. The Labute approximate surface area is 407 Å². The average molecular weight is 989 g/mol. The highest BCUT2D eigenvalue weighted by molar-refractivity contribution is 7.92. The van der Waals surface area contributed by atoms with E-state index in [4.69, 9.17) is 33.5 Å². The summed E-state index contributed by atoms with van der Waals surface area (Å²) in [4.78, 5) is 50.5. The molecule has 0 fully saturated rings. The molecule has 0 saturated heterocycles. The predicted molar refractivity (Wildman–Crippen MR) is 258 cm³/mol. The van der Waals surface area contributed by atoms with Crippen molar-refractivity contribution >= 4 is 39.6 Å². The van der Waals surface area contributed by atoms with E-state index < -0.39 is 34.1 Å². The van der Waals surface area contributed by atoms with E-state index in [0.717, 1.165) is 38.5 Å². The van der Waals surface area contributed by atoms with E-state index in [1.807, 2.05) is 20.8 Å². The quantitative estimate of drug-likeness (QED) is 0.0314. The summed E-state index contributed by atoms with van der Waals surface area (Å²) in [5.41, 5.74) is 0.370. The van der Waals surface area contributed by atoms with Gasteiger partial charge in [-0.25, -0.2) is 22.6 Å². The molecule has 2 aromatic carbocycles. The van der Waals surface area contributed by atoms with Crippen LogP contribution in [0.1, 0.15) is 127 Å². The minimum Gasteiger partial charge on any atom is -0.480 e. The van der Waals surface area contributed by atoms with Crippen LogP contribution in [-0.2, 0) is 54.5 Å². The van der Waals surface area contributed by atoms with Gasteiger partial charge in [0.15, 0.2) is 0 Å². The normalized spacial score (nSPS) is 11.5. The molecule has 19 heteroatoms. The van der Waals surface area contributed by atoms with Crippen molar-refractivity contribution in [2.24, 2.45) is 0 Å². The van der Waals surface area contributed by atoms with Gasteiger partial charge in [0, 0.05) is 25.7 Å². The fourth-order valence-electron chi connectivity index (χ4n) is 6.75. The van der Waals surface area contributed by atoms with Gasteiger partial charge in [-0.2, -0.15) is 0 Å². The number of carboxylic acid groups (broad SMARTS) is 1. The van der Waals surface area contributed by atoms with E-state index in [9.17, 15) is 32.0 Å². The molecule has 2 amide bonds. The number of benzene rings is 2. The molecule has 0 unspecified atom stereocenters. The van der Waals surface area contributed by atoms with Crippen molar-refractivity contribution in [3.63, 3.8) is 0 Å². The Hall–Kier alpha value is -5.21. The molecular formula is C50H73FN4O13S. The van der Waals surface area contributed by atoms with Crippen LogP contribution in [0.15, 0.2) is 65.7 Å². The van der Waals surface area contributed by atoms with Crippen LogP contribution in [0.2, 0.25) is 0 Å². The summed E-state index contributed by atoms with van der Waals surface area (Å²) in [7, 11) is -4.03. The number of aliphatic carboxylic acids is 1. The molecule has 0 aliphatic carbocycles. The lowest BCUT2D eigenvalue weighted by molar-refractivity contribution is -0.155. The number of rotatable bonds is 38. The molecule has 0 saturated carbocycles. The second-order valence-corrected chi connectivity index (χ2v) is 19.1. The lowest BCUT2D eigenvalue weighted by Gasteiger charge is -2.19. The van der Waals surface area contributed by atoms with E-state index in [0.29, 0.717) is 29.9 Å². The number of anilines is 1. The van der Waals surface area contributed by atoms with Gasteiger partial charge in [-0.1, -0.05) is 70.6 Å². The number of carbonyl (C=O) groups is 4. The molecule has 0 atom stereocenters. The third-order valence-corrected chi connectivity index (χ3v) is 11.6. The Balaban J connectivity index is 1.23. The number of nitrogens with one attached hydrogen (secondary N) is 3. The first kappa shape index (κ1) is 58.1. The molecule has 69 heavy (non-hydrogen) atoms. The van der Waals surface area contributed by atoms with Crippen molar-refractivity contribution < 1.29 is 65.5 Å². The second kappa shape index (κ2) is 33.3. The summed E-state index contributed by atoms with van der Waals surface area (Å²) in [5, 5.41) is 13.8. The van der Waals surface area contributed by atoms with Crippen LogP contribution >= 0.6 is 0 Å². The number of carbonyl (C=O) groups excluding carboxylic acids is 3. The highest BCUT2D eigenvalue weighted by atomic mass is 32.2. The van der Waals surface area contributed by atoms with Gasteiger partial charge >= 0.3 is 11.9 Å². The molecule has 0 aliphatic heterocycles. The maximum Gasteiger partial charge on any atom is 0.329 e. The maximum absolute atomic E-state index is 14.7. The number of esters is 1. The zero-order chi connectivity index (χ0) is 50.2. The first-order valence-corrected chi connectivity index (χ1v) is 25.4. The van der Waals surface area contributed by atoms with Crippen molar-refractivity contribution in [2.45, 2.75) is 128 Å². The Morgan fingerprint density at radius 2 is 1.20 bits per heavy atom. The number of hydrogen-bond acceptors (Lipinski definition) is 13. The first-order valence-electron chi connectivity index (χ1n) is 24.0. The number of pyridine rings is 1. The minimum absolute atomic E-state index is 0.0138. The van der Waals surface area contributed by atoms with E-state index in [-0.39, 0.29) is 93.3 Å². The topological polar surface area (TPSA) is 227 Å². The standard InChI is InChI=1S/C50H73FN4O13S/c1-50(2,3)68-48(59)18-16-14-12-10-8-6-4-5-7-9-11-13-15-17-39-35-42(22-25-44(39)51)67-41-20-23-43(24-21-41)69(61,62)55-45-26-19-40(36-54-45)49(60)53-28-30-64-31-33-65-37-46(56)52-27-29-63-32-34-66-38-47(57)58/h19-26,35-36H,4-18,27-34,37-38H2,1-3H3,(H,52,56)(H,53,60)(H,54,55)(H,57,58). The van der Waals surface area contributed by atoms with Gasteiger partial charge in [0.1, 0.15) is 41.9 Å². The van der Waals surface area contributed by atoms with E-state index in [2.05, 4.69) is 20.3 Å². The van der Waals surface area contributed by atoms with Crippen LogP contribution in [0.4, 0.5) is 10.2 Å². The number of ether oxygens (including phenoxy) is 6. The first-order chi connectivity index (χ1) is 33.1. The van der Waals surface area contributed by atoms with Gasteiger partial charge < -0.3 is 44.2 Å². The lowest BCUT2D eigenvalue weighted by Crippen LogP contribution is -2.31. The largest absolute Gasteiger partial charge is 0.480 e. The fraction of sp³-hybridized carbons (Fsp3) is 0.580. The maximum atomic E-state index is 14.7. The summed E-state index contributed by atoms with van der Waals surface area (Å²) in [6.07, 6.45) is 17.0. The second-order valence-electron chi connectivity index (χ2n) is 17.4. The Kier molecular flexibility index (Phi) is 28.1. The number of aryl methyl sites for hydroxylation is 1. The highest BCUT2D eigenvalue weighted by Crippen LogP contribution is 2.27. The third-order valence-electron chi connectivity index (χ3n) is 10.2. The molecule has 1 aromatic heterocycles. The minimum atomic E-state index is -4.03. The summed E-state index contributed by atoms with van der Waals surface area (Å²) >= 11 is 0. The fourth-order valence-corrected chi connectivity index (χ4v) is 7.76. The smallest absolute Gasteiger partial charge is 0.329 e. The molecule has 3 rings (SSSR count). The van der Waals surface area contributed by atoms with Gasteiger partial charge in [0.2, 0.25) is 5.91 Å². The third kappa shape index (κ3) is 27.5. The number of carboxylic acids is 1. The molecule has 17 nitrogen and oxygen atoms in total. The van der Waals surface area contributed by atoms with Crippen LogP contribution in [0.3, 0.4) is 0 Å². The lowest BCUT2D eigenvalue weighted by atomic mass is 10.0. The summed E-state index contributed by atoms with van der Waals surface area (Å²) in [5.74, 6) is -1.37. The van der Waals surface area contributed by atoms with Gasteiger partial charge in [-0.15, -0.1) is 0 Å². The summed E-state index contributed by atoms with van der Waals surface area (Å²) in [6, 6.07) is 13.2. The molecule has 3 aromatic rings. The predicted octanol–water partition coefficient (Wildman–Crippen LogP) is 8.16. The van der Waals surface area contributed by atoms with Crippen molar-refractivity contribution in [1.82, 2.24) is 15.6 Å². The van der Waals surface area contributed by atoms with Crippen LogP contribution < -0.4 is 20.1 Å². The highest BCUT2D eigenvalue weighted by Gasteiger charge is 2.17. The van der Waals surface area contributed by atoms with Gasteiger partial charge in [0.25, 0.3) is 15.9 Å². The number of sulfonamides is 1. The number of unbranched alkanes of at least 4 members (excludes halogenated alkanes) is 12. The van der Waals surface area contributed by atoms with Gasteiger partial charge in [-0.3, -0.25) is 19.1 Å². The molecule has 0 bridgehead atoms. The number of halogens is 1. The van der Waals surface area contributed by atoms with Crippen LogP contribution in [0.5, 0.6) is 11.5 Å². The van der Waals surface area contributed by atoms with Crippen LogP contribution in [-0.4, -0.2) is 114 Å².